The smallest absolute Gasteiger partial charge is 0.273 e. The summed E-state index contributed by atoms with van der Waals surface area (Å²) in [4.78, 5) is 24.4. The second-order valence-electron chi connectivity index (χ2n) is 6.60. The summed E-state index contributed by atoms with van der Waals surface area (Å²) in [6, 6.07) is 21.7. The number of benzene rings is 3. The first kappa shape index (κ1) is 20.7. The van der Waals surface area contributed by atoms with Crippen molar-refractivity contribution in [3.05, 3.63) is 89.5 Å². The predicted octanol–water partition coefficient (Wildman–Crippen LogP) is 2.86. The number of aromatic hydroxyl groups is 1. The molecule has 0 saturated heterocycles. The van der Waals surface area contributed by atoms with Crippen molar-refractivity contribution in [3.63, 3.8) is 0 Å². The van der Waals surface area contributed by atoms with Gasteiger partial charge in [0.1, 0.15) is 11.5 Å². The van der Waals surface area contributed by atoms with E-state index in [1.165, 1.54) is 6.07 Å². The van der Waals surface area contributed by atoms with Gasteiger partial charge in [-0.2, -0.15) is 0 Å². The lowest BCUT2D eigenvalue weighted by Gasteiger charge is -2.11. The van der Waals surface area contributed by atoms with Gasteiger partial charge in [0.2, 0.25) is 0 Å². The van der Waals surface area contributed by atoms with E-state index < -0.39 is 11.8 Å². The molecule has 0 fully saturated rings. The molecule has 0 spiro atoms. The first-order valence-electron chi connectivity index (χ1n) is 9.38. The van der Waals surface area contributed by atoms with Crippen LogP contribution in [-0.2, 0) is 11.2 Å². The van der Waals surface area contributed by atoms with Gasteiger partial charge in [-0.1, -0.05) is 36.4 Å². The molecule has 0 aliphatic heterocycles. The van der Waals surface area contributed by atoms with Crippen molar-refractivity contribution in [2.24, 2.45) is 0 Å². The van der Waals surface area contributed by atoms with Gasteiger partial charge in [0, 0.05) is 5.69 Å². The standard InChI is InChI=1S/C23H23N3O4/c1-30-19-10-8-18(9-11-19)24-15-22(28)25-26-23(29)20-14-17(7-12-21(20)27)13-16-5-3-2-4-6-16/h2-12,14,24,27H,13,15H2,1H3,(H,25,28)(H,26,29). The van der Waals surface area contributed by atoms with Crippen molar-refractivity contribution in [2.75, 3.05) is 19.0 Å². The molecule has 3 aromatic rings. The largest absolute Gasteiger partial charge is 0.507 e. The Kier molecular flexibility index (Phi) is 6.89. The number of hydrogen-bond acceptors (Lipinski definition) is 5. The second kappa shape index (κ2) is 9.97. The highest BCUT2D eigenvalue weighted by Crippen LogP contribution is 2.20. The highest BCUT2D eigenvalue weighted by Gasteiger charge is 2.13. The highest BCUT2D eigenvalue weighted by atomic mass is 16.5. The number of phenols is 1. The number of phenolic OH excluding ortho intramolecular Hbond substituents is 1. The molecule has 7 heteroatoms. The van der Waals surface area contributed by atoms with Crippen molar-refractivity contribution >= 4 is 17.5 Å². The summed E-state index contributed by atoms with van der Waals surface area (Å²) in [5.74, 6) is -0.471. The zero-order valence-corrected chi connectivity index (χ0v) is 16.5. The SMILES string of the molecule is COc1ccc(NCC(=O)NNC(=O)c2cc(Cc3ccccc3)ccc2O)cc1. The molecule has 154 valence electrons. The van der Waals surface area contributed by atoms with Crippen LogP contribution in [0.2, 0.25) is 0 Å². The van der Waals surface area contributed by atoms with Crippen LogP contribution in [0.4, 0.5) is 5.69 Å². The molecule has 2 amide bonds. The van der Waals surface area contributed by atoms with Crippen LogP contribution in [0, 0.1) is 0 Å². The Hall–Kier alpha value is -4.00. The number of carbonyl (C=O) groups excluding carboxylic acids is 2. The van der Waals surface area contributed by atoms with E-state index in [-0.39, 0.29) is 17.9 Å². The van der Waals surface area contributed by atoms with Crippen LogP contribution in [0.3, 0.4) is 0 Å². The minimum Gasteiger partial charge on any atom is -0.507 e. The minimum absolute atomic E-state index is 0.0351. The molecule has 3 rings (SSSR count). The lowest BCUT2D eigenvalue weighted by Crippen LogP contribution is -2.44. The minimum atomic E-state index is -0.597. The molecule has 0 radical (unpaired) electrons. The highest BCUT2D eigenvalue weighted by molar-refractivity contribution is 5.98. The number of nitrogens with one attached hydrogen (secondary N) is 3. The molecule has 0 unspecified atom stereocenters. The van der Waals surface area contributed by atoms with Gasteiger partial charge >= 0.3 is 0 Å². The number of hydrogen-bond donors (Lipinski definition) is 4. The molecule has 0 aliphatic carbocycles. The summed E-state index contributed by atoms with van der Waals surface area (Å²) in [5, 5.41) is 13.0. The topological polar surface area (TPSA) is 99.7 Å². The monoisotopic (exact) mass is 405 g/mol. The van der Waals surface area contributed by atoms with Crippen LogP contribution >= 0.6 is 0 Å². The van der Waals surface area contributed by atoms with Crippen molar-refractivity contribution in [1.29, 1.82) is 0 Å². The van der Waals surface area contributed by atoms with Gasteiger partial charge in [0.15, 0.2) is 0 Å². The molecule has 0 saturated carbocycles. The third-order valence-electron chi connectivity index (χ3n) is 4.42. The van der Waals surface area contributed by atoms with Crippen LogP contribution < -0.4 is 20.9 Å². The van der Waals surface area contributed by atoms with E-state index in [4.69, 9.17) is 4.74 Å². The summed E-state index contributed by atoms with van der Waals surface area (Å²) >= 11 is 0. The van der Waals surface area contributed by atoms with Gasteiger partial charge in [-0.05, 0) is 53.9 Å². The second-order valence-corrected chi connectivity index (χ2v) is 6.60. The summed E-state index contributed by atoms with van der Waals surface area (Å²) in [6.07, 6.45) is 0.625. The molecule has 0 bridgehead atoms. The summed E-state index contributed by atoms with van der Waals surface area (Å²) in [6.45, 7) is -0.0351. The van der Waals surface area contributed by atoms with Crippen LogP contribution in [-0.4, -0.2) is 30.6 Å². The number of ether oxygens (including phenoxy) is 1. The zero-order chi connectivity index (χ0) is 21.3. The molecular weight excluding hydrogens is 382 g/mol. The van der Waals surface area contributed by atoms with Gasteiger partial charge in [-0.15, -0.1) is 0 Å². The van der Waals surface area contributed by atoms with Gasteiger partial charge < -0.3 is 15.2 Å². The van der Waals surface area contributed by atoms with Crippen LogP contribution in [0.15, 0.2) is 72.8 Å². The van der Waals surface area contributed by atoms with E-state index in [2.05, 4.69) is 16.2 Å². The zero-order valence-electron chi connectivity index (χ0n) is 16.5. The maximum absolute atomic E-state index is 12.4. The summed E-state index contributed by atoms with van der Waals surface area (Å²) in [7, 11) is 1.58. The molecule has 0 heterocycles. The third-order valence-corrected chi connectivity index (χ3v) is 4.42. The Labute approximate surface area is 174 Å². The Morgan fingerprint density at radius 1 is 0.900 bits per heavy atom. The Morgan fingerprint density at radius 3 is 2.33 bits per heavy atom. The summed E-state index contributed by atoms with van der Waals surface area (Å²) in [5.41, 5.74) is 7.45. The first-order valence-corrected chi connectivity index (χ1v) is 9.38. The first-order chi connectivity index (χ1) is 14.5. The van der Waals surface area contributed by atoms with Crippen molar-refractivity contribution in [1.82, 2.24) is 10.9 Å². The summed E-state index contributed by atoms with van der Waals surface area (Å²) < 4.78 is 5.08. The third kappa shape index (κ3) is 5.75. The van der Waals surface area contributed by atoms with Crippen LogP contribution in [0.5, 0.6) is 11.5 Å². The molecule has 4 N–H and O–H groups in total. The molecule has 0 atom stereocenters. The van der Waals surface area contributed by atoms with Gasteiger partial charge in [-0.3, -0.25) is 20.4 Å². The number of methoxy groups -OCH3 is 1. The average Bonchev–Trinajstić information content (AvgIpc) is 2.78. The number of anilines is 1. The van der Waals surface area contributed by atoms with Gasteiger partial charge in [0.05, 0.1) is 19.2 Å². The van der Waals surface area contributed by atoms with E-state index >= 15 is 0 Å². The average molecular weight is 405 g/mol. The fourth-order valence-electron chi connectivity index (χ4n) is 2.84. The molecule has 3 aromatic carbocycles. The van der Waals surface area contributed by atoms with Crippen molar-refractivity contribution in [2.45, 2.75) is 6.42 Å². The normalized spacial score (nSPS) is 10.2. The predicted molar refractivity (Wildman–Crippen MR) is 114 cm³/mol. The number of amides is 2. The fraction of sp³-hybridized carbons (Fsp3) is 0.130. The number of carbonyl (C=O) groups is 2. The molecule has 7 nitrogen and oxygen atoms in total. The Morgan fingerprint density at radius 2 is 1.63 bits per heavy atom. The molecular formula is C23H23N3O4. The fourth-order valence-corrected chi connectivity index (χ4v) is 2.84. The van der Waals surface area contributed by atoms with Gasteiger partial charge in [0.25, 0.3) is 11.8 Å². The molecule has 0 aliphatic rings. The van der Waals surface area contributed by atoms with E-state index in [1.807, 2.05) is 30.3 Å². The maximum Gasteiger partial charge on any atom is 0.273 e. The number of hydrazine groups is 1. The number of rotatable bonds is 7. The van der Waals surface area contributed by atoms with Crippen molar-refractivity contribution < 1.29 is 19.4 Å². The molecule has 0 aromatic heterocycles. The Balaban J connectivity index is 1.53. The van der Waals surface area contributed by atoms with E-state index in [1.54, 1.807) is 43.5 Å². The lowest BCUT2D eigenvalue weighted by molar-refractivity contribution is -0.120. The van der Waals surface area contributed by atoms with Gasteiger partial charge in [-0.25, -0.2) is 0 Å². The Bertz CT molecular complexity index is 1000. The lowest BCUT2D eigenvalue weighted by atomic mass is 10.0. The van der Waals surface area contributed by atoms with Crippen LogP contribution in [0.25, 0.3) is 0 Å². The molecule has 30 heavy (non-hydrogen) atoms. The quantitative estimate of drug-likeness (QED) is 0.453. The van der Waals surface area contributed by atoms with Crippen LogP contribution in [0.1, 0.15) is 21.5 Å². The maximum atomic E-state index is 12.4. The van der Waals surface area contributed by atoms with Crippen molar-refractivity contribution in [3.8, 4) is 11.5 Å². The van der Waals surface area contributed by atoms with E-state index in [9.17, 15) is 14.7 Å². The van der Waals surface area contributed by atoms with E-state index in [0.29, 0.717) is 12.2 Å². The van der Waals surface area contributed by atoms with E-state index in [0.717, 1.165) is 16.8 Å².